The number of piperidine rings is 1. The van der Waals surface area contributed by atoms with Crippen molar-refractivity contribution in [2.45, 2.75) is 45.4 Å². The zero-order valence-electron chi connectivity index (χ0n) is 16.6. The Balaban J connectivity index is 1.57. The van der Waals surface area contributed by atoms with Gasteiger partial charge in [-0.2, -0.15) is 5.10 Å². The smallest absolute Gasteiger partial charge is 0.257 e. The molecule has 0 spiro atoms. The number of H-pyrrole nitrogens is 1. The number of hydrogen-bond acceptors (Lipinski definition) is 4. The molecule has 1 saturated heterocycles. The Hall–Kier alpha value is -2.96. The van der Waals surface area contributed by atoms with Crippen molar-refractivity contribution in [1.29, 1.82) is 0 Å². The average Bonchev–Trinajstić information content (AvgIpc) is 3.37. The fraction of sp³-hybridized carbons (Fsp3) is 0.429. The van der Waals surface area contributed by atoms with Crippen LogP contribution in [0.3, 0.4) is 0 Å². The number of hydrogen-bond donors (Lipinski definition) is 1. The number of aryl methyl sites for hydroxylation is 1. The lowest BCUT2D eigenvalue weighted by molar-refractivity contribution is 0.0705. The molecular weight excluding hydrogens is 352 g/mol. The molecule has 3 aromatic rings. The zero-order valence-corrected chi connectivity index (χ0v) is 16.6. The van der Waals surface area contributed by atoms with Crippen LogP contribution in [0.4, 0.5) is 0 Å². The highest BCUT2D eigenvalue weighted by Gasteiger charge is 2.27. The summed E-state index contributed by atoms with van der Waals surface area (Å²) in [4.78, 5) is 24.2. The van der Waals surface area contributed by atoms with E-state index in [0.29, 0.717) is 18.0 Å². The van der Waals surface area contributed by atoms with Gasteiger partial charge in [0.25, 0.3) is 5.91 Å². The number of nitrogens with zero attached hydrogens (tertiary/aromatic N) is 5. The summed E-state index contributed by atoms with van der Waals surface area (Å²) in [5.74, 6) is 2.48. The summed E-state index contributed by atoms with van der Waals surface area (Å²) in [6, 6.07) is 6.12. The predicted molar refractivity (Wildman–Crippen MR) is 107 cm³/mol. The van der Waals surface area contributed by atoms with Crippen LogP contribution in [-0.4, -0.2) is 48.6 Å². The quantitative estimate of drug-likeness (QED) is 0.754. The largest absolute Gasteiger partial charge is 0.338 e. The van der Waals surface area contributed by atoms with Crippen LogP contribution in [0.25, 0.3) is 5.82 Å². The molecule has 0 radical (unpaired) electrons. The van der Waals surface area contributed by atoms with Crippen LogP contribution in [-0.2, 0) is 0 Å². The van der Waals surface area contributed by atoms with Crippen molar-refractivity contribution in [3.63, 3.8) is 0 Å². The first-order chi connectivity index (χ1) is 13.5. The van der Waals surface area contributed by atoms with Crippen LogP contribution in [0.15, 0.2) is 36.8 Å². The van der Waals surface area contributed by atoms with Crippen molar-refractivity contribution in [1.82, 2.24) is 29.6 Å². The Morgan fingerprint density at radius 3 is 2.93 bits per heavy atom. The molecule has 0 aromatic carbocycles. The minimum atomic E-state index is 0.0452. The number of amides is 1. The second-order valence-corrected chi connectivity index (χ2v) is 7.73. The number of likely N-dealkylation sites (tertiary alicyclic amines) is 1. The van der Waals surface area contributed by atoms with Crippen LogP contribution >= 0.6 is 0 Å². The Bertz CT molecular complexity index is 973. The predicted octanol–water partition coefficient (Wildman–Crippen LogP) is 3.44. The lowest BCUT2D eigenvalue weighted by Gasteiger charge is -2.32. The van der Waals surface area contributed by atoms with Crippen molar-refractivity contribution in [2.75, 3.05) is 13.1 Å². The Morgan fingerprint density at radius 2 is 2.18 bits per heavy atom. The molecule has 3 aromatic heterocycles. The van der Waals surface area contributed by atoms with Gasteiger partial charge in [0.2, 0.25) is 0 Å². The molecule has 7 heteroatoms. The van der Waals surface area contributed by atoms with Gasteiger partial charge in [-0.25, -0.2) is 9.97 Å². The topological polar surface area (TPSA) is 79.7 Å². The molecule has 7 nitrogen and oxygen atoms in total. The van der Waals surface area contributed by atoms with E-state index in [1.54, 1.807) is 6.20 Å². The first-order valence-electron chi connectivity index (χ1n) is 9.84. The molecule has 1 atom stereocenters. The Labute approximate surface area is 164 Å². The molecule has 1 aliphatic rings. The third-order valence-corrected chi connectivity index (χ3v) is 5.38. The summed E-state index contributed by atoms with van der Waals surface area (Å²) in [5, 5.41) is 6.83. The minimum Gasteiger partial charge on any atom is -0.338 e. The molecule has 28 heavy (non-hydrogen) atoms. The van der Waals surface area contributed by atoms with Crippen LogP contribution in [0, 0.1) is 6.92 Å². The van der Waals surface area contributed by atoms with E-state index in [0.717, 1.165) is 42.4 Å². The maximum atomic E-state index is 12.9. The van der Waals surface area contributed by atoms with E-state index in [4.69, 9.17) is 4.98 Å². The summed E-state index contributed by atoms with van der Waals surface area (Å²) in [5.41, 5.74) is 2.50. The molecular formula is C21H26N6O. The molecule has 1 fully saturated rings. The molecule has 0 unspecified atom stereocenters. The molecule has 0 aliphatic carbocycles. The summed E-state index contributed by atoms with van der Waals surface area (Å²) in [7, 11) is 0. The first kappa shape index (κ1) is 18.4. The second kappa shape index (κ2) is 7.58. The standard InChI is InChI=1S/C21H26N6O/c1-14(2)20-22-9-11-27(20)19-8-4-7-18(24-19)16-6-5-10-26(13-16)21(28)17-12-23-25-15(17)3/h4,7-9,11-12,14,16H,5-6,10,13H2,1-3H3,(H,23,25)/t16-/m1/s1. The van der Waals surface area contributed by atoms with Gasteiger partial charge in [0.1, 0.15) is 11.6 Å². The number of aromatic nitrogens is 5. The SMILES string of the molecule is Cc1[nH]ncc1C(=O)N1CCC[C@@H](c2cccc(-n3ccnc3C(C)C)n2)C1. The van der Waals surface area contributed by atoms with Gasteiger partial charge >= 0.3 is 0 Å². The number of nitrogens with one attached hydrogen (secondary N) is 1. The Morgan fingerprint density at radius 1 is 1.32 bits per heavy atom. The monoisotopic (exact) mass is 378 g/mol. The summed E-state index contributed by atoms with van der Waals surface area (Å²) < 4.78 is 2.05. The van der Waals surface area contributed by atoms with Gasteiger partial charge in [-0.15, -0.1) is 0 Å². The van der Waals surface area contributed by atoms with E-state index >= 15 is 0 Å². The third kappa shape index (κ3) is 3.44. The van der Waals surface area contributed by atoms with Crippen molar-refractivity contribution < 1.29 is 4.79 Å². The van der Waals surface area contributed by atoms with E-state index in [9.17, 15) is 4.79 Å². The van der Waals surface area contributed by atoms with Crippen molar-refractivity contribution in [3.8, 4) is 5.82 Å². The molecule has 146 valence electrons. The molecule has 1 N–H and O–H groups in total. The minimum absolute atomic E-state index is 0.0452. The van der Waals surface area contributed by atoms with Gasteiger partial charge in [0.05, 0.1) is 11.8 Å². The summed E-state index contributed by atoms with van der Waals surface area (Å²) >= 11 is 0. The zero-order chi connectivity index (χ0) is 19.7. The van der Waals surface area contributed by atoms with Gasteiger partial charge in [0.15, 0.2) is 0 Å². The highest BCUT2D eigenvalue weighted by Crippen LogP contribution is 2.28. The van der Waals surface area contributed by atoms with Crippen molar-refractivity contribution in [3.05, 3.63) is 59.6 Å². The van der Waals surface area contributed by atoms with Gasteiger partial charge in [-0.3, -0.25) is 14.5 Å². The number of rotatable bonds is 4. The highest BCUT2D eigenvalue weighted by molar-refractivity contribution is 5.95. The van der Waals surface area contributed by atoms with Crippen LogP contribution in [0.1, 0.15) is 66.1 Å². The van der Waals surface area contributed by atoms with E-state index < -0.39 is 0 Å². The van der Waals surface area contributed by atoms with Crippen molar-refractivity contribution >= 4 is 5.91 Å². The number of carbonyl (C=O) groups is 1. The van der Waals surface area contributed by atoms with E-state index in [-0.39, 0.29) is 11.8 Å². The molecule has 1 amide bonds. The second-order valence-electron chi connectivity index (χ2n) is 7.73. The first-order valence-corrected chi connectivity index (χ1v) is 9.84. The molecule has 1 aliphatic heterocycles. The normalized spacial score (nSPS) is 17.3. The lowest BCUT2D eigenvalue weighted by atomic mass is 9.93. The molecule has 4 heterocycles. The maximum Gasteiger partial charge on any atom is 0.257 e. The van der Waals surface area contributed by atoms with Gasteiger partial charge < -0.3 is 4.90 Å². The van der Waals surface area contributed by atoms with Crippen LogP contribution in [0.2, 0.25) is 0 Å². The molecule has 0 saturated carbocycles. The van der Waals surface area contributed by atoms with Crippen LogP contribution in [0.5, 0.6) is 0 Å². The molecule has 4 rings (SSSR count). The number of pyridine rings is 1. The summed E-state index contributed by atoms with van der Waals surface area (Å²) in [6.07, 6.45) is 7.40. The van der Waals surface area contributed by atoms with Gasteiger partial charge in [-0.05, 0) is 31.9 Å². The van der Waals surface area contributed by atoms with Crippen LogP contribution < -0.4 is 0 Å². The number of imidazole rings is 1. The van der Waals surface area contributed by atoms with E-state index in [2.05, 4.69) is 39.7 Å². The van der Waals surface area contributed by atoms with E-state index in [1.807, 2.05) is 36.4 Å². The third-order valence-electron chi connectivity index (χ3n) is 5.38. The fourth-order valence-electron chi connectivity index (χ4n) is 3.88. The average molecular weight is 378 g/mol. The highest BCUT2D eigenvalue weighted by atomic mass is 16.2. The maximum absolute atomic E-state index is 12.9. The van der Waals surface area contributed by atoms with Gasteiger partial charge in [-0.1, -0.05) is 19.9 Å². The number of carbonyl (C=O) groups excluding carboxylic acids is 1. The van der Waals surface area contributed by atoms with Crippen molar-refractivity contribution in [2.24, 2.45) is 0 Å². The fourth-order valence-corrected chi connectivity index (χ4v) is 3.88. The molecule has 0 bridgehead atoms. The lowest BCUT2D eigenvalue weighted by Crippen LogP contribution is -2.39. The number of aromatic amines is 1. The summed E-state index contributed by atoms with van der Waals surface area (Å²) in [6.45, 7) is 7.60. The van der Waals surface area contributed by atoms with E-state index in [1.165, 1.54) is 0 Å². The van der Waals surface area contributed by atoms with Gasteiger partial charge in [0, 0.05) is 48.7 Å². The Kier molecular flexibility index (Phi) is 4.98.